The number of carbonyl (C=O) groups excluding carboxylic acids is 2. The number of hydrogen-bond acceptors (Lipinski definition) is 3. The van der Waals surface area contributed by atoms with Crippen LogP contribution in [-0.4, -0.2) is 35.8 Å². The lowest BCUT2D eigenvalue weighted by atomic mass is 10.0. The molecule has 0 saturated heterocycles. The van der Waals surface area contributed by atoms with Gasteiger partial charge < -0.3 is 16.0 Å². The second-order valence-corrected chi connectivity index (χ2v) is 6.83. The van der Waals surface area contributed by atoms with Crippen LogP contribution in [0.2, 0.25) is 0 Å². The molecule has 1 aliphatic carbocycles. The van der Waals surface area contributed by atoms with Crippen molar-refractivity contribution in [2.75, 3.05) is 13.1 Å². The largest absolute Gasteiger partial charge is 0.346 e. The van der Waals surface area contributed by atoms with Crippen LogP contribution in [-0.2, 0) is 16.0 Å². The standard InChI is InChI=1S/C19H29N3O2/c1-4-11-22(16-10-9-14-7-5-6-8-15(14)16)17(23)12-21-19(24)18(20)13(2)3/h5-8,13,16,18H,4,9-12,20H2,1-3H3,(H,21,24)/t16?,18-/m0/s1. The SMILES string of the molecule is CCCN(C(=O)CNC(=O)[C@@H](N)C(C)C)C1CCc2ccccc21. The molecule has 1 aliphatic rings. The minimum atomic E-state index is -0.579. The molecule has 24 heavy (non-hydrogen) atoms. The molecule has 0 aliphatic heterocycles. The Kier molecular flexibility index (Phi) is 6.37. The molecule has 0 fully saturated rings. The van der Waals surface area contributed by atoms with Crippen molar-refractivity contribution in [2.45, 2.75) is 52.1 Å². The summed E-state index contributed by atoms with van der Waals surface area (Å²) in [7, 11) is 0. The molecule has 132 valence electrons. The number of nitrogens with two attached hydrogens (primary N) is 1. The normalized spacial score (nSPS) is 17.5. The Morgan fingerprint density at radius 3 is 2.71 bits per heavy atom. The van der Waals surface area contributed by atoms with Crippen LogP contribution in [0.1, 0.15) is 50.8 Å². The van der Waals surface area contributed by atoms with Gasteiger partial charge in [-0.05, 0) is 36.3 Å². The van der Waals surface area contributed by atoms with Crippen molar-refractivity contribution in [1.29, 1.82) is 0 Å². The van der Waals surface area contributed by atoms with Gasteiger partial charge in [-0.25, -0.2) is 0 Å². The molecule has 0 aromatic heterocycles. The average Bonchev–Trinajstić information content (AvgIpc) is 3.00. The summed E-state index contributed by atoms with van der Waals surface area (Å²) in [6.07, 6.45) is 2.84. The highest BCUT2D eigenvalue weighted by Crippen LogP contribution is 2.35. The van der Waals surface area contributed by atoms with E-state index >= 15 is 0 Å². The van der Waals surface area contributed by atoms with E-state index in [1.54, 1.807) is 0 Å². The van der Waals surface area contributed by atoms with E-state index in [2.05, 4.69) is 24.4 Å². The van der Waals surface area contributed by atoms with Gasteiger partial charge in [-0.1, -0.05) is 45.0 Å². The van der Waals surface area contributed by atoms with Crippen LogP contribution in [0, 0.1) is 5.92 Å². The Hall–Kier alpha value is -1.88. The molecule has 2 amide bonds. The first-order chi connectivity index (χ1) is 11.5. The molecule has 1 unspecified atom stereocenters. The van der Waals surface area contributed by atoms with E-state index < -0.39 is 6.04 Å². The number of hydrogen-bond donors (Lipinski definition) is 2. The van der Waals surface area contributed by atoms with Crippen LogP contribution in [0.25, 0.3) is 0 Å². The molecular formula is C19H29N3O2. The minimum Gasteiger partial charge on any atom is -0.346 e. The number of rotatable bonds is 7. The number of amides is 2. The third-order valence-electron chi connectivity index (χ3n) is 4.70. The van der Waals surface area contributed by atoms with Crippen molar-refractivity contribution in [3.63, 3.8) is 0 Å². The molecule has 0 radical (unpaired) electrons. The van der Waals surface area contributed by atoms with E-state index in [9.17, 15) is 9.59 Å². The van der Waals surface area contributed by atoms with Gasteiger partial charge in [0.25, 0.3) is 0 Å². The predicted octanol–water partition coefficient (Wildman–Crippen LogP) is 2.01. The minimum absolute atomic E-state index is 0.0118. The maximum absolute atomic E-state index is 12.7. The second-order valence-electron chi connectivity index (χ2n) is 6.83. The molecule has 0 saturated carbocycles. The molecule has 1 aromatic rings. The summed E-state index contributed by atoms with van der Waals surface area (Å²) >= 11 is 0. The third-order valence-corrected chi connectivity index (χ3v) is 4.70. The summed E-state index contributed by atoms with van der Waals surface area (Å²) in [5, 5.41) is 2.69. The van der Waals surface area contributed by atoms with Crippen LogP contribution in [0.5, 0.6) is 0 Å². The van der Waals surface area contributed by atoms with Gasteiger partial charge in [-0.3, -0.25) is 9.59 Å². The first kappa shape index (κ1) is 18.5. The van der Waals surface area contributed by atoms with E-state index in [0.29, 0.717) is 6.54 Å². The van der Waals surface area contributed by atoms with Crippen molar-refractivity contribution in [3.05, 3.63) is 35.4 Å². The van der Waals surface area contributed by atoms with Crippen LogP contribution < -0.4 is 11.1 Å². The smallest absolute Gasteiger partial charge is 0.242 e. The fourth-order valence-corrected chi connectivity index (χ4v) is 3.24. The molecule has 2 atom stereocenters. The summed E-state index contributed by atoms with van der Waals surface area (Å²) in [5.41, 5.74) is 8.39. The van der Waals surface area contributed by atoms with Gasteiger partial charge in [0.15, 0.2) is 0 Å². The van der Waals surface area contributed by atoms with Gasteiger partial charge >= 0.3 is 0 Å². The maximum Gasteiger partial charge on any atom is 0.242 e. The first-order valence-corrected chi connectivity index (χ1v) is 8.86. The number of nitrogens with zero attached hydrogens (tertiary/aromatic N) is 1. The Morgan fingerprint density at radius 1 is 1.33 bits per heavy atom. The zero-order chi connectivity index (χ0) is 17.7. The number of nitrogens with one attached hydrogen (secondary N) is 1. The highest BCUT2D eigenvalue weighted by atomic mass is 16.2. The van der Waals surface area contributed by atoms with E-state index in [1.165, 1.54) is 11.1 Å². The highest BCUT2D eigenvalue weighted by Gasteiger charge is 2.30. The van der Waals surface area contributed by atoms with Gasteiger partial charge in [0.05, 0.1) is 18.6 Å². The molecule has 3 N–H and O–H groups in total. The zero-order valence-electron chi connectivity index (χ0n) is 14.9. The van der Waals surface area contributed by atoms with Crippen molar-refractivity contribution >= 4 is 11.8 Å². The van der Waals surface area contributed by atoms with Crippen LogP contribution in [0.4, 0.5) is 0 Å². The summed E-state index contributed by atoms with van der Waals surface area (Å²) in [6, 6.07) is 7.84. The Labute approximate surface area is 144 Å². The fourth-order valence-electron chi connectivity index (χ4n) is 3.24. The molecule has 2 rings (SSSR count). The molecule has 5 heteroatoms. The number of carbonyl (C=O) groups is 2. The van der Waals surface area contributed by atoms with Crippen molar-refractivity contribution < 1.29 is 9.59 Å². The van der Waals surface area contributed by atoms with Gasteiger partial charge in [-0.15, -0.1) is 0 Å². The van der Waals surface area contributed by atoms with Crippen molar-refractivity contribution in [1.82, 2.24) is 10.2 Å². The zero-order valence-corrected chi connectivity index (χ0v) is 14.9. The molecule has 5 nitrogen and oxygen atoms in total. The van der Waals surface area contributed by atoms with Crippen molar-refractivity contribution in [2.24, 2.45) is 11.7 Å². The molecule has 0 spiro atoms. The third kappa shape index (κ3) is 4.15. The van der Waals surface area contributed by atoms with Crippen LogP contribution >= 0.6 is 0 Å². The van der Waals surface area contributed by atoms with E-state index in [0.717, 1.165) is 19.3 Å². The molecule has 0 bridgehead atoms. The van der Waals surface area contributed by atoms with E-state index in [4.69, 9.17) is 5.73 Å². The lowest BCUT2D eigenvalue weighted by Crippen LogP contribution is -2.48. The summed E-state index contributed by atoms with van der Waals surface area (Å²) < 4.78 is 0. The van der Waals surface area contributed by atoms with Crippen molar-refractivity contribution in [3.8, 4) is 0 Å². The van der Waals surface area contributed by atoms with E-state index in [1.807, 2.05) is 30.9 Å². The fraction of sp³-hybridized carbons (Fsp3) is 0.579. The number of benzene rings is 1. The summed E-state index contributed by atoms with van der Waals surface area (Å²) in [5.74, 6) is -0.252. The molecular weight excluding hydrogens is 302 g/mol. The number of aryl methyl sites for hydroxylation is 1. The lowest BCUT2D eigenvalue weighted by Gasteiger charge is -2.30. The topological polar surface area (TPSA) is 75.4 Å². The molecule has 1 aromatic carbocycles. The maximum atomic E-state index is 12.7. The summed E-state index contributed by atoms with van der Waals surface area (Å²) in [4.78, 5) is 26.6. The Balaban J connectivity index is 2.03. The average molecular weight is 331 g/mol. The monoisotopic (exact) mass is 331 g/mol. The predicted molar refractivity (Wildman–Crippen MR) is 95.3 cm³/mol. The van der Waals surface area contributed by atoms with Gasteiger partial charge in [0.1, 0.15) is 0 Å². The summed E-state index contributed by atoms with van der Waals surface area (Å²) in [6.45, 7) is 6.56. The molecule has 0 heterocycles. The second kappa shape index (κ2) is 8.29. The first-order valence-electron chi connectivity index (χ1n) is 8.86. The van der Waals surface area contributed by atoms with Crippen LogP contribution in [0.3, 0.4) is 0 Å². The lowest BCUT2D eigenvalue weighted by molar-refractivity contribution is -0.135. The van der Waals surface area contributed by atoms with Crippen LogP contribution in [0.15, 0.2) is 24.3 Å². The Morgan fingerprint density at radius 2 is 2.04 bits per heavy atom. The van der Waals surface area contributed by atoms with E-state index in [-0.39, 0.29) is 30.3 Å². The van der Waals surface area contributed by atoms with Gasteiger partial charge in [0.2, 0.25) is 11.8 Å². The van der Waals surface area contributed by atoms with Gasteiger partial charge in [-0.2, -0.15) is 0 Å². The van der Waals surface area contributed by atoms with Gasteiger partial charge in [0, 0.05) is 6.54 Å². The Bertz CT molecular complexity index is 586. The quantitative estimate of drug-likeness (QED) is 0.802. The number of fused-ring (bicyclic) bond motifs is 1. The highest BCUT2D eigenvalue weighted by molar-refractivity contribution is 5.87.